The van der Waals surface area contributed by atoms with E-state index in [-0.39, 0.29) is 28.1 Å². The van der Waals surface area contributed by atoms with E-state index in [1.54, 1.807) is 12.1 Å². The molecule has 1 aliphatic heterocycles. The Labute approximate surface area is 220 Å². The summed E-state index contributed by atoms with van der Waals surface area (Å²) in [6.07, 6.45) is -4.76. The summed E-state index contributed by atoms with van der Waals surface area (Å²) in [7, 11) is -3.27. The van der Waals surface area contributed by atoms with Gasteiger partial charge in [-0.05, 0) is 39.6 Å². The van der Waals surface area contributed by atoms with Gasteiger partial charge in [-0.3, -0.25) is 9.36 Å². The lowest BCUT2D eigenvalue weighted by Gasteiger charge is -2.20. The van der Waals surface area contributed by atoms with E-state index in [0.29, 0.717) is 5.56 Å². The topological polar surface area (TPSA) is 82.4 Å². The SMILES string of the molecule is COC(=O)C1CS(=O)(=O)c2c(-c3cccc(C(F)(F)F)c3)c(Cc3cccc4ccccc34)c(Cl)c(=O)n21. The molecule has 6 nitrogen and oxygen atoms in total. The molecule has 1 aromatic heterocycles. The van der Waals surface area contributed by atoms with Crippen LogP contribution in [0.25, 0.3) is 21.9 Å². The van der Waals surface area contributed by atoms with E-state index in [9.17, 15) is 31.2 Å². The van der Waals surface area contributed by atoms with Crippen LogP contribution < -0.4 is 5.56 Å². The second-order valence-electron chi connectivity index (χ2n) is 8.86. The van der Waals surface area contributed by atoms with Crippen LogP contribution >= 0.6 is 11.6 Å². The summed E-state index contributed by atoms with van der Waals surface area (Å²) < 4.78 is 73.1. The number of carbonyl (C=O) groups excluding carboxylic acids is 1. The van der Waals surface area contributed by atoms with Crippen LogP contribution in [0.2, 0.25) is 5.02 Å². The molecular weight excluding hydrogens is 543 g/mol. The molecule has 196 valence electrons. The minimum atomic E-state index is -4.71. The van der Waals surface area contributed by atoms with Crippen LogP contribution in [-0.2, 0) is 32.0 Å². The molecule has 11 heteroatoms. The Morgan fingerprint density at radius 2 is 1.76 bits per heavy atom. The highest BCUT2D eigenvalue weighted by Crippen LogP contribution is 2.42. The van der Waals surface area contributed by atoms with Crippen molar-refractivity contribution < 1.29 is 31.1 Å². The number of esters is 1. The predicted molar refractivity (Wildman–Crippen MR) is 136 cm³/mol. The Kier molecular flexibility index (Phi) is 6.35. The van der Waals surface area contributed by atoms with Crippen molar-refractivity contribution in [1.82, 2.24) is 4.57 Å². The molecule has 0 N–H and O–H groups in total. The molecule has 0 saturated carbocycles. The fraction of sp³-hybridized carbons (Fsp3) is 0.185. The first-order valence-electron chi connectivity index (χ1n) is 11.4. The van der Waals surface area contributed by atoms with Crippen molar-refractivity contribution in [3.63, 3.8) is 0 Å². The van der Waals surface area contributed by atoms with E-state index in [4.69, 9.17) is 16.3 Å². The summed E-state index contributed by atoms with van der Waals surface area (Å²) in [5, 5.41) is 0.729. The van der Waals surface area contributed by atoms with Gasteiger partial charge >= 0.3 is 12.1 Å². The number of carbonyl (C=O) groups is 1. The van der Waals surface area contributed by atoms with Crippen LogP contribution in [0.5, 0.6) is 0 Å². The molecule has 0 amide bonds. The van der Waals surface area contributed by atoms with E-state index in [1.807, 2.05) is 30.3 Å². The molecule has 1 aliphatic rings. The van der Waals surface area contributed by atoms with E-state index in [1.165, 1.54) is 6.07 Å². The van der Waals surface area contributed by atoms with Crippen LogP contribution in [0.3, 0.4) is 0 Å². The number of fused-ring (bicyclic) bond motifs is 2. The summed E-state index contributed by atoms with van der Waals surface area (Å²) in [5.74, 6) is -1.77. The highest BCUT2D eigenvalue weighted by atomic mass is 35.5. The number of ether oxygens (including phenoxy) is 1. The van der Waals surface area contributed by atoms with Gasteiger partial charge in [0.1, 0.15) is 16.1 Å². The monoisotopic (exact) mass is 561 g/mol. The zero-order valence-electron chi connectivity index (χ0n) is 19.8. The lowest BCUT2D eigenvalue weighted by atomic mass is 9.93. The van der Waals surface area contributed by atoms with Crippen LogP contribution in [-0.4, -0.2) is 31.8 Å². The van der Waals surface area contributed by atoms with Crippen molar-refractivity contribution in [2.75, 3.05) is 12.9 Å². The largest absolute Gasteiger partial charge is 0.467 e. The second kappa shape index (κ2) is 9.28. The molecule has 1 unspecified atom stereocenters. The van der Waals surface area contributed by atoms with Crippen LogP contribution in [0.15, 0.2) is 76.6 Å². The predicted octanol–water partition coefficient (Wildman–Crippen LogP) is 5.43. The summed E-state index contributed by atoms with van der Waals surface area (Å²) in [6, 6.07) is 15.4. The van der Waals surface area contributed by atoms with Gasteiger partial charge < -0.3 is 4.74 Å². The summed E-state index contributed by atoms with van der Waals surface area (Å²) >= 11 is 6.57. The third-order valence-electron chi connectivity index (χ3n) is 6.59. The number of methoxy groups -OCH3 is 1. The van der Waals surface area contributed by atoms with Gasteiger partial charge in [0.15, 0.2) is 9.84 Å². The van der Waals surface area contributed by atoms with Crippen molar-refractivity contribution in [3.05, 3.63) is 98.8 Å². The van der Waals surface area contributed by atoms with Crippen LogP contribution in [0, 0.1) is 0 Å². The number of hydrogen-bond acceptors (Lipinski definition) is 5. The van der Waals surface area contributed by atoms with Gasteiger partial charge in [0.05, 0.1) is 18.4 Å². The van der Waals surface area contributed by atoms with Gasteiger partial charge in [0.2, 0.25) is 0 Å². The molecule has 3 aromatic carbocycles. The highest BCUT2D eigenvalue weighted by molar-refractivity contribution is 7.91. The number of nitrogens with zero attached hydrogens (tertiary/aromatic N) is 1. The summed E-state index contributed by atoms with van der Waals surface area (Å²) in [4.78, 5) is 25.9. The Hall–Kier alpha value is -3.63. The number of pyridine rings is 1. The molecule has 0 spiro atoms. The number of alkyl halides is 3. The molecule has 0 bridgehead atoms. The maximum Gasteiger partial charge on any atom is 0.416 e. The first-order valence-corrected chi connectivity index (χ1v) is 13.4. The Bertz CT molecular complexity index is 1780. The minimum absolute atomic E-state index is 0.0484. The van der Waals surface area contributed by atoms with E-state index in [0.717, 1.165) is 40.6 Å². The summed E-state index contributed by atoms with van der Waals surface area (Å²) in [6.45, 7) is 0. The molecule has 5 rings (SSSR count). The molecule has 1 atom stereocenters. The molecular formula is C27H19ClF3NO5S. The average molecular weight is 562 g/mol. The highest BCUT2D eigenvalue weighted by Gasteiger charge is 2.44. The number of sulfone groups is 1. The van der Waals surface area contributed by atoms with E-state index >= 15 is 0 Å². The van der Waals surface area contributed by atoms with Gasteiger partial charge in [0, 0.05) is 12.0 Å². The third kappa shape index (κ3) is 4.27. The standard InChI is InChI=1S/C27H19ClF3NO5S/c1-37-26(34)21-14-38(35,36)25-22(17-9-5-10-18(12-17)27(29,30)31)20(23(28)24(33)32(21)25)13-16-8-4-7-15-6-2-3-11-19(15)16/h2-12,21H,13-14H2,1H3. The van der Waals surface area contributed by atoms with Crippen LogP contribution in [0.1, 0.15) is 22.7 Å². The Morgan fingerprint density at radius 3 is 2.47 bits per heavy atom. The second-order valence-corrected chi connectivity index (χ2v) is 11.2. The van der Waals surface area contributed by atoms with Crippen molar-refractivity contribution in [3.8, 4) is 11.1 Å². The van der Waals surface area contributed by atoms with Gasteiger partial charge in [-0.25, -0.2) is 13.2 Å². The molecule has 0 aliphatic carbocycles. The molecule has 0 saturated heterocycles. The number of aromatic nitrogens is 1. The van der Waals surface area contributed by atoms with Gasteiger partial charge in [-0.2, -0.15) is 13.2 Å². The lowest BCUT2D eigenvalue weighted by Crippen LogP contribution is -2.31. The fourth-order valence-corrected chi connectivity index (χ4v) is 7.07. The first-order chi connectivity index (χ1) is 17.9. The fourth-order valence-electron chi connectivity index (χ4n) is 4.90. The number of benzene rings is 3. The minimum Gasteiger partial charge on any atom is -0.467 e. The van der Waals surface area contributed by atoms with E-state index in [2.05, 4.69) is 0 Å². The van der Waals surface area contributed by atoms with E-state index < -0.39 is 49.9 Å². The molecule has 38 heavy (non-hydrogen) atoms. The zero-order chi connectivity index (χ0) is 27.4. The Balaban J connectivity index is 1.88. The molecule has 0 radical (unpaired) electrons. The average Bonchev–Trinajstić information content (AvgIpc) is 3.17. The normalized spacial score (nSPS) is 16.4. The number of hydrogen-bond donors (Lipinski definition) is 0. The van der Waals surface area contributed by atoms with Gasteiger partial charge in [0.25, 0.3) is 5.56 Å². The molecule has 4 aromatic rings. The molecule has 0 fully saturated rings. The maximum atomic E-state index is 13.6. The van der Waals surface area contributed by atoms with Gasteiger partial charge in [-0.15, -0.1) is 0 Å². The number of rotatable bonds is 4. The zero-order valence-corrected chi connectivity index (χ0v) is 21.3. The third-order valence-corrected chi connectivity index (χ3v) is 8.72. The smallest absolute Gasteiger partial charge is 0.416 e. The first kappa shape index (κ1) is 26.0. The van der Waals surface area contributed by atoms with Crippen molar-refractivity contribution >= 4 is 38.2 Å². The molecule has 2 heterocycles. The van der Waals surface area contributed by atoms with Gasteiger partial charge in [-0.1, -0.05) is 66.2 Å². The number of halogens is 4. The van der Waals surface area contributed by atoms with Crippen molar-refractivity contribution in [1.29, 1.82) is 0 Å². The van der Waals surface area contributed by atoms with Crippen molar-refractivity contribution in [2.45, 2.75) is 23.7 Å². The lowest BCUT2D eigenvalue weighted by molar-refractivity contribution is -0.144. The van der Waals surface area contributed by atoms with Crippen LogP contribution in [0.4, 0.5) is 13.2 Å². The maximum absolute atomic E-state index is 13.6. The quantitative estimate of drug-likeness (QED) is 0.310. The Morgan fingerprint density at radius 1 is 1.08 bits per heavy atom. The van der Waals surface area contributed by atoms with Crippen molar-refractivity contribution in [2.24, 2.45) is 0 Å². The summed E-state index contributed by atoms with van der Waals surface area (Å²) in [5.41, 5.74) is -1.47.